The van der Waals surface area contributed by atoms with Crippen LogP contribution in [-0.4, -0.2) is 12.5 Å². The Balaban J connectivity index is 2.15. The molecule has 0 aromatic heterocycles. The quantitative estimate of drug-likeness (QED) is 0.776. The van der Waals surface area contributed by atoms with Gasteiger partial charge in [0.25, 0.3) is 0 Å². The monoisotopic (exact) mass is 259 g/mol. The number of hydrogen-bond acceptors (Lipinski definition) is 1. The first-order valence-corrected chi connectivity index (χ1v) is 7.67. The van der Waals surface area contributed by atoms with Crippen LogP contribution in [0.1, 0.15) is 51.5 Å². The van der Waals surface area contributed by atoms with Gasteiger partial charge >= 0.3 is 0 Å². The lowest BCUT2D eigenvalue weighted by Gasteiger charge is -2.32. The van der Waals surface area contributed by atoms with E-state index in [1.54, 1.807) is 0 Å². The Hall–Kier alpha value is -1.31. The zero-order valence-corrected chi connectivity index (χ0v) is 12.2. The van der Waals surface area contributed by atoms with Crippen LogP contribution in [0.4, 0.5) is 5.69 Å². The SMILES string of the molecule is CCCCC(CC)C(=O)N1CCCc2ccccc21. The van der Waals surface area contributed by atoms with Crippen LogP contribution < -0.4 is 4.90 Å². The van der Waals surface area contributed by atoms with Gasteiger partial charge in [0.15, 0.2) is 0 Å². The van der Waals surface area contributed by atoms with Gasteiger partial charge in [0, 0.05) is 18.2 Å². The molecule has 0 N–H and O–H groups in total. The van der Waals surface area contributed by atoms with Gasteiger partial charge < -0.3 is 4.90 Å². The molecule has 2 nitrogen and oxygen atoms in total. The summed E-state index contributed by atoms with van der Waals surface area (Å²) in [5, 5.41) is 0. The van der Waals surface area contributed by atoms with Gasteiger partial charge in [0.1, 0.15) is 0 Å². The fourth-order valence-electron chi connectivity index (χ4n) is 2.94. The summed E-state index contributed by atoms with van der Waals surface area (Å²) in [6.07, 6.45) is 6.50. The molecule has 1 heterocycles. The molecule has 0 fully saturated rings. The molecule has 19 heavy (non-hydrogen) atoms. The van der Waals surface area contributed by atoms with Gasteiger partial charge in [-0.2, -0.15) is 0 Å². The summed E-state index contributed by atoms with van der Waals surface area (Å²) in [4.78, 5) is 14.8. The molecule has 0 radical (unpaired) electrons. The fraction of sp³-hybridized carbons (Fsp3) is 0.588. The number of amides is 1. The third-order valence-electron chi connectivity index (χ3n) is 4.12. The van der Waals surface area contributed by atoms with Crippen molar-refractivity contribution in [3.8, 4) is 0 Å². The Bertz CT molecular complexity index is 427. The Kier molecular flexibility index (Phi) is 5.00. The zero-order chi connectivity index (χ0) is 13.7. The van der Waals surface area contributed by atoms with E-state index in [0.29, 0.717) is 5.91 Å². The minimum absolute atomic E-state index is 0.200. The summed E-state index contributed by atoms with van der Waals surface area (Å²) < 4.78 is 0. The molecular weight excluding hydrogens is 234 g/mol. The van der Waals surface area contributed by atoms with Crippen molar-refractivity contribution < 1.29 is 4.79 Å². The van der Waals surface area contributed by atoms with Crippen LogP contribution in [0.15, 0.2) is 24.3 Å². The van der Waals surface area contributed by atoms with Crippen molar-refractivity contribution >= 4 is 11.6 Å². The van der Waals surface area contributed by atoms with Crippen molar-refractivity contribution in [2.75, 3.05) is 11.4 Å². The van der Waals surface area contributed by atoms with E-state index in [1.165, 1.54) is 12.0 Å². The summed E-state index contributed by atoms with van der Waals surface area (Å²) >= 11 is 0. The van der Waals surface area contributed by atoms with E-state index in [1.807, 2.05) is 11.0 Å². The van der Waals surface area contributed by atoms with Crippen LogP contribution in [-0.2, 0) is 11.2 Å². The first-order chi connectivity index (χ1) is 9.27. The van der Waals surface area contributed by atoms with Crippen molar-refractivity contribution in [1.82, 2.24) is 0 Å². The van der Waals surface area contributed by atoms with Crippen molar-refractivity contribution in [2.45, 2.75) is 52.4 Å². The van der Waals surface area contributed by atoms with Crippen molar-refractivity contribution in [1.29, 1.82) is 0 Å². The topological polar surface area (TPSA) is 20.3 Å². The van der Waals surface area contributed by atoms with Crippen LogP contribution in [0.2, 0.25) is 0 Å². The highest BCUT2D eigenvalue weighted by molar-refractivity contribution is 5.96. The first kappa shape index (κ1) is 14.1. The molecule has 104 valence electrons. The Morgan fingerprint density at radius 3 is 2.84 bits per heavy atom. The summed E-state index contributed by atoms with van der Waals surface area (Å²) in [5.41, 5.74) is 2.47. The average molecular weight is 259 g/mol. The molecule has 2 heteroatoms. The number of hydrogen-bond donors (Lipinski definition) is 0. The standard InChI is InChI=1S/C17H25NO/c1-3-5-9-14(4-2)17(19)18-13-8-11-15-10-6-7-12-16(15)18/h6-7,10,12,14H,3-5,8-9,11,13H2,1-2H3. The minimum atomic E-state index is 0.200. The van der Waals surface area contributed by atoms with E-state index in [9.17, 15) is 4.79 Å². The van der Waals surface area contributed by atoms with Crippen molar-refractivity contribution in [2.24, 2.45) is 5.92 Å². The van der Waals surface area contributed by atoms with Gasteiger partial charge in [-0.15, -0.1) is 0 Å². The Labute approximate surface area is 116 Å². The molecule has 0 bridgehead atoms. The molecule has 0 saturated heterocycles. The van der Waals surface area contributed by atoms with Crippen LogP contribution in [0, 0.1) is 5.92 Å². The van der Waals surface area contributed by atoms with Crippen molar-refractivity contribution in [3.05, 3.63) is 29.8 Å². The third kappa shape index (κ3) is 3.17. The highest BCUT2D eigenvalue weighted by Crippen LogP contribution is 2.29. The minimum Gasteiger partial charge on any atom is -0.312 e. The van der Waals surface area contributed by atoms with E-state index in [4.69, 9.17) is 0 Å². The molecular formula is C17H25NO. The number of benzene rings is 1. The number of fused-ring (bicyclic) bond motifs is 1. The summed E-state index contributed by atoms with van der Waals surface area (Å²) in [6, 6.07) is 8.36. The maximum absolute atomic E-state index is 12.7. The van der Waals surface area contributed by atoms with Gasteiger partial charge in [0.2, 0.25) is 5.91 Å². The molecule has 1 atom stereocenters. The smallest absolute Gasteiger partial charge is 0.230 e. The van der Waals surface area contributed by atoms with Gasteiger partial charge in [-0.3, -0.25) is 4.79 Å². The number of para-hydroxylation sites is 1. The highest BCUT2D eigenvalue weighted by atomic mass is 16.2. The van der Waals surface area contributed by atoms with E-state index in [-0.39, 0.29) is 5.92 Å². The molecule has 2 rings (SSSR count). The van der Waals surface area contributed by atoms with Gasteiger partial charge in [-0.25, -0.2) is 0 Å². The molecule has 1 aromatic rings. The molecule has 1 aromatic carbocycles. The predicted molar refractivity (Wildman–Crippen MR) is 80.4 cm³/mol. The number of aryl methyl sites for hydroxylation is 1. The third-order valence-corrected chi connectivity index (χ3v) is 4.12. The average Bonchev–Trinajstić information content (AvgIpc) is 2.47. The second-order valence-electron chi connectivity index (χ2n) is 5.47. The maximum Gasteiger partial charge on any atom is 0.230 e. The largest absolute Gasteiger partial charge is 0.312 e. The van der Waals surface area contributed by atoms with E-state index in [2.05, 4.69) is 32.0 Å². The molecule has 0 saturated carbocycles. The second kappa shape index (κ2) is 6.74. The Morgan fingerprint density at radius 1 is 1.32 bits per heavy atom. The molecule has 0 spiro atoms. The number of carbonyl (C=O) groups excluding carboxylic acids is 1. The molecule has 1 aliphatic heterocycles. The number of anilines is 1. The number of unbranched alkanes of at least 4 members (excludes halogenated alkanes) is 1. The van der Waals surface area contributed by atoms with E-state index < -0.39 is 0 Å². The lowest BCUT2D eigenvalue weighted by atomic mass is 9.95. The number of carbonyl (C=O) groups is 1. The maximum atomic E-state index is 12.7. The van der Waals surface area contributed by atoms with Gasteiger partial charge in [-0.05, 0) is 37.3 Å². The lowest BCUT2D eigenvalue weighted by molar-refractivity contribution is -0.122. The fourth-order valence-corrected chi connectivity index (χ4v) is 2.94. The van der Waals surface area contributed by atoms with E-state index in [0.717, 1.165) is 44.3 Å². The van der Waals surface area contributed by atoms with Crippen LogP contribution in [0.5, 0.6) is 0 Å². The van der Waals surface area contributed by atoms with Crippen LogP contribution >= 0.6 is 0 Å². The number of rotatable bonds is 5. The summed E-state index contributed by atoms with van der Waals surface area (Å²) in [6.45, 7) is 5.21. The van der Waals surface area contributed by atoms with Crippen LogP contribution in [0.3, 0.4) is 0 Å². The second-order valence-corrected chi connectivity index (χ2v) is 5.47. The first-order valence-electron chi connectivity index (χ1n) is 7.67. The Morgan fingerprint density at radius 2 is 2.11 bits per heavy atom. The highest BCUT2D eigenvalue weighted by Gasteiger charge is 2.26. The molecule has 1 aliphatic rings. The van der Waals surface area contributed by atoms with Crippen molar-refractivity contribution in [3.63, 3.8) is 0 Å². The zero-order valence-electron chi connectivity index (χ0n) is 12.2. The lowest BCUT2D eigenvalue weighted by Crippen LogP contribution is -2.39. The number of nitrogens with zero attached hydrogens (tertiary/aromatic N) is 1. The normalized spacial score (nSPS) is 16.0. The summed E-state index contributed by atoms with van der Waals surface area (Å²) in [5.74, 6) is 0.536. The van der Waals surface area contributed by atoms with Gasteiger partial charge in [0.05, 0.1) is 0 Å². The molecule has 1 unspecified atom stereocenters. The molecule has 1 amide bonds. The molecule has 0 aliphatic carbocycles. The van der Waals surface area contributed by atoms with Gasteiger partial charge in [-0.1, -0.05) is 44.9 Å². The predicted octanol–water partition coefficient (Wildman–Crippen LogP) is 4.18. The van der Waals surface area contributed by atoms with Crippen LogP contribution in [0.25, 0.3) is 0 Å². The summed E-state index contributed by atoms with van der Waals surface area (Å²) in [7, 11) is 0. The van der Waals surface area contributed by atoms with E-state index >= 15 is 0 Å².